The first-order valence-corrected chi connectivity index (χ1v) is 8.79. The number of carbonyl (C=O) groups excluding carboxylic acids is 1. The maximum absolute atomic E-state index is 13.7. The summed E-state index contributed by atoms with van der Waals surface area (Å²) in [4.78, 5) is 20.4. The molecule has 0 aliphatic carbocycles. The van der Waals surface area contributed by atoms with Crippen LogP contribution in [0.5, 0.6) is 5.75 Å². The molecule has 0 saturated carbocycles. The summed E-state index contributed by atoms with van der Waals surface area (Å²) in [6.45, 7) is 0.300. The molecule has 0 aliphatic heterocycles. The molecule has 0 fully saturated rings. The fourth-order valence-electron chi connectivity index (χ4n) is 2.85. The third kappa shape index (κ3) is 4.16. The lowest BCUT2D eigenvalue weighted by molar-refractivity contribution is 0.187. The number of halogens is 1. The van der Waals surface area contributed by atoms with Crippen molar-refractivity contribution in [2.45, 2.75) is 6.61 Å². The van der Waals surface area contributed by atoms with E-state index in [1.165, 1.54) is 19.2 Å². The van der Waals surface area contributed by atoms with E-state index in [0.717, 1.165) is 5.75 Å². The molecule has 1 N–H and O–H groups in total. The minimum Gasteiger partial charge on any atom is -0.487 e. The summed E-state index contributed by atoms with van der Waals surface area (Å²) < 4.78 is 25.7. The summed E-state index contributed by atoms with van der Waals surface area (Å²) in [6, 6.07) is 13.6. The van der Waals surface area contributed by atoms with Gasteiger partial charge in [0.15, 0.2) is 0 Å². The van der Waals surface area contributed by atoms with Crippen LogP contribution in [-0.4, -0.2) is 27.6 Å². The highest BCUT2D eigenvalue weighted by atomic mass is 19.1. The summed E-state index contributed by atoms with van der Waals surface area (Å²) in [5.74, 6) is 0.783. The number of methoxy groups -OCH3 is 1. The number of aromatic nitrogens is 3. The molecular formula is C21H17FN4O3. The molecule has 0 saturated heterocycles. The molecule has 2 aromatic carbocycles. The molecule has 4 aromatic rings. The van der Waals surface area contributed by atoms with Crippen LogP contribution in [0.15, 0.2) is 67.1 Å². The second-order valence-electron chi connectivity index (χ2n) is 6.19. The van der Waals surface area contributed by atoms with Gasteiger partial charge in [-0.25, -0.2) is 19.2 Å². The van der Waals surface area contributed by atoms with Crippen molar-refractivity contribution in [3.05, 3.63) is 78.6 Å². The number of fused-ring (bicyclic) bond motifs is 1. The van der Waals surface area contributed by atoms with E-state index in [9.17, 15) is 9.18 Å². The Balaban J connectivity index is 1.62. The van der Waals surface area contributed by atoms with Gasteiger partial charge in [-0.1, -0.05) is 18.2 Å². The molecule has 2 heterocycles. The van der Waals surface area contributed by atoms with E-state index in [1.807, 2.05) is 36.5 Å². The van der Waals surface area contributed by atoms with Crippen molar-refractivity contribution >= 4 is 17.6 Å². The zero-order valence-corrected chi connectivity index (χ0v) is 15.5. The van der Waals surface area contributed by atoms with Gasteiger partial charge in [0.05, 0.1) is 18.5 Å². The molecule has 0 aliphatic rings. The van der Waals surface area contributed by atoms with Crippen LogP contribution in [0.1, 0.15) is 5.69 Å². The highest BCUT2D eigenvalue weighted by molar-refractivity contribution is 5.91. The number of nitrogens with one attached hydrogen (secondary N) is 1. The van der Waals surface area contributed by atoms with Gasteiger partial charge in [0.25, 0.3) is 0 Å². The van der Waals surface area contributed by atoms with Gasteiger partial charge in [-0.2, -0.15) is 0 Å². The summed E-state index contributed by atoms with van der Waals surface area (Å²) in [7, 11) is 1.24. The van der Waals surface area contributed by atoms with Crippen LogP contribution >= 0.6 is 0 Å². The van der Waals surface area contributed by atoms with Crippen LogP contribution in [0.3, 0.4) is 0 Å². The standard InChI is InChI=1S/C21H17FN4O3/c1-28-21(27)25-19-9-15(22)7-8-18(19)14-10-23-20-24-16(12-26(20)11-14)13-29-17-5-3-2-4-6-17/h2-12H,13H2,1H3,(H,25,27). The van der Waals surface area contributed by atoms with Crippen molar-refractivity contribution in [1.29, 1.82) is 0 Å². The van der Waals surface area contributed by atoms with Gasteiger partial charge >= 0.3 is 6.09 Å². The number of ether oxygens (including phenoxy) is 2. The molecule has 29 heavy (non-hydrogen) atoms. The lowest BCUT2D eigenvalue weighted by Crippen LogP contribution is -2.12. The zero-order chi connectivity index (χ0) is 20.2. The van der Waals surface area contributed by atoms with Gasteiger partial charge in [0.1, 0.15) is 18.2 Å². The van der Waals surface area contributed by atoms with E-state index in [0.29, 0.717) is 29.2 Å². The highest BCUT2D eigenvalue weighted by Gasteiger charge is 2.12. The fraction of sp³-hybridized carbons (Fsp3) is 0.0952. The maximum atomic E-state index is 13.7. The first-order valence-electron chi connectivity index (χ1n) is 8.79. The van der Waals surface area contributed by atoms with Crippen LogP contribution in [0, 0.1) is 5.82 Å². The number of hydrogen-bond acceptors (Lipinski definition) is 5. The van der Waals surface area contributed by atoms with Crippen molar-refractivity contribution in [3.8, 4) is 16.9 Å². The molecule has 1 amide bonds. The smallest absolute Gasteiger partial charge is 0.411 e. The van der Waals surface area contributed by atoms with Crippen LogP contribution in [-0.2, 0) is 11.3 Å². The fourth-order valence-corrected chi connectivity index (χ4v) is 2.85. The Kier molecular flexibility index (Phi) is 5.07. The third-order valence-electron chi connectivity index (χ3n) is 4.20. The van der Waals surface area contributed by atoms with Crippen LogP contribution < -0.4 is 10.1 Å². The Morgan fingerprint density at radius 1 is 1.17 bits per heavy atom. The van der Waals surface area contributed by atoms with Crippen molar-refractivity contribution in [2.75, 3.05) is 12.4 Å². The summed E-state index contributed by atoms with van der Waals surface area (Å²) in [6.07, 6.45) is 4.54. The molecule has 0 spiro atoms. The second kappa shape index (κ2) is 7.97. The number of para-hydroxylation sites is 1. The van der Waals surface area contributed by atoms with E-state index >= 15 is 0 Å². The Morgan fingerprint density at radius 2 is 2.00 bits per heavy atom. The molecule has 8 heteroatoms. The normalized spacial score (nSPS) is 10.7. The monoisotopic (exact) mass is 392 g/mol. The van der Waals surface area contributed by atoms with E-state index < -0.39 is 11.9 Å². The number of imidazole rings is 1. The highest BCUT2D eigenvalue weighted by Crippen LogP contribution is 2.28. The number of nitrogens with zero attached hydrogens (tertiary/aromatic N) is 3. The number of anilines is 1. The van der Waals surface area contributed by atoms with E-state index in [2.05, 4.69) is 20.0 Å². The molecular weight excluding hydrogens is 375 g/mol. The Labute approximate surface area is 165 Å². The quantitative estimate of drug-likeness (QED) is 0.548. The van der Waals surface area contributed by atoms with Gasteiger partial charge in [0, 0.05) is 29.7 Å². The molecule has 146 valence electrons. The summed E-state index contributed by atoms with van der Waals surface area (Å²) in [5, 5.41) is 2.52. The molecule has 4 rings (SSSR count). The van der Waals surface area contributed by atoms with Gasteiger partial charge in [0.2, 0.25) is 5.78 Å². The summed E-state index contributed by atoms with van der Waals surface area (Å²) >= 11 is 0. The van der Waals surface area contributed by atoms with Gasteiger partial charge in [-0.05, 0) is 30.3 Å². The minimum absolute atomic E-state index is 0.283. The molecule has 0 radical (unpaired) electrons. The Bertz CT molecular complexity index is 1160. The van der Waals surface area contributed by atoms with Crippen LogP contribution in [0.25, 0.3) is 16.9 Å². The van der Waals surface area contributed by atoms with E-state index in [-0.39, 0.29) is 5.69 Å². The lowest BCUT2D eigenvalue weighted by Gasteiger charge is -2.10. The average molecular weight is 392 g/mol. The predicted molar refractivity (Wildman–Crippen MR) is 105 cm³/mol. The van der Waals surface area contributed by atoms with E-state index in [1.54, 1.807) is 22.9 Å². The Hall–Kier alpha value is -3.94. The average Bonchev–Trinajstić information content (AvgIpc) is 3.15. The number of hydrogen-bond donors (Lipinski definition) is 1. The number of amides is 1. The molecule has 0 bridgehead atoms. The van der Waals surface area contributed by atoms with Crippen molar-refractivity contribution in [3.63, 3.8) is 0 Å². The number of benzene rings is 2. The van der Waals surface area contributed by atoms with Crippen LogP contribution in [0.2, 0.25) is 0 Å². The van der Waals surface area contributed by atoms with Gasteiger partial charge < -0.3 is 9.47 Å². The number of rotatable bonds is 5. The molecule has 2 aromatic heterocycles. The summed E-state index contributed by atoms with van der Waals surface area (Å²) in [5.41, 5.74) is 2.27. The maximum Gasteiger partial charge on any atom is 0.411 e. The second-order valence-corrected chi connectivity index (χ2v) is 6.19. The largest absolute Gasteiger partial charge is 0.487 e. The molecule has 7 nitrogen and oxygen atoms in total. The van der Waals surface area contributed by atoms with Crippen LogP contribution in [0.4, 0.5) is 14.9 Å². The van der Waals surface area contributed by atoms with Crippen molar-refractivity contribution < 1.29 is 18.7 Å². The predicted octanol–water partition coefficient (Wildman–Crippen LogP) is 4.29. The Morgan fingerprint density at radius 3 is 2.79 bits per heavy atom. The SMILES string of the molecule is COC(=O)Nc1cc(F)ccc1-c1cnc2nc(COc3ccccc3)cn2c1. The number of carbonyl (C=O) groups is 1. The third-order valence-corrected chi connectivity index (χ3v) is 4.20. The van der Waals surface area contributed by atoms with Crippen molar-refractivity contribution in [2.24, 2.45) is 0 Å². The van der Waals surface area contributed by atoms with E-state index in [4.69, 9.17) is 4.74 Å². The lowest BCUT2D eigenvalue weighted by atomic mass is 10.1. The van der Waals surface area contributed by atoms with Gasteiger partial charge in [-0.15, -0.1) is 0 Å². The first-order chi connectivity index (χ1) is 14.1. The first kappa shape index (κ1) is 18.4. The topological polar surface area (TPSA) is 77.8 Å². The van der Waals surface area contributed by atoms with Crippen molar-refractivity contribution in [1.82, 2.24) is 14.4 Å². The van der Waals surface area contributed by atoms with Gasteiger partial charge in [-0.3, -0.25) is 9.72 Å². The molecule has 0 atom stereocenters. The molecule has 0 unspecified atom stereocenters. The minimum atomic E-state index is -0.686. The zero-order valence-electron chi connectivity index (χ0n) is 15.5.